The lowest BCUT2D eigenvalue weighted by molar-refractivity contribution is -0.275. The second kappa shape index (κ2) is 4.08. The largest absolute Gasteiger partial charge is 0.573 e. The van der Waals surface area contributed by atoms with Crippen LogP contribution in [0.5, 0.6) is 5.75 Å². The van der Waals surface area contributed by atoms with Gasteiger partial charge in [0.1, 0.15) is 0 Å². The molecule has 15 heavy (non-hydrogen) atoms. The van der Waals surface area contributed by atoms with E-state index >= 15 is 0 Å². The van der Waals surface area contributed by atoms with Crippen LogP contribution in [-0.4, -0.2) is 6.36 Å². The summed E-state index contributed by atoms with van der Waals surface area (Å²) in [4.78, 5) is 0. The minimum Gasteiger partial charge on any atom is -0.403 e. The van der Waals surface area contributed by atoms with Crippen LogP contribution >= 0.6 is 0 Å². The summed E-state index contributed by atoms with van der Waals surface area (Å²) in [6.45, 7) is 3.64. The van der Waals surface area contributed by atoms with E-state index in [4.69, 9.17) is 0 Å². The van der Waals surface area contributed by atoms with Gasteiger partial charge in [0, 0.05) is 0 Å². The lowest BCUT2D eigenvalue weighted by Gasteiger charge is -2.11. The second-order valence-corrected chi connectivity index (χ2v) is 3.39. The Hall–Kier alpha value is -1.26. The summed E-state index contributed by atoms with van der Waals surface area (Å²) in [5.74, 6) is -1.75. The summed E-state index contributed by atoms with van der Waals surface area (Å²) in [5.41, 5.74) is 0.627. The lowest BCUT2D eigenvalue weighted by Crippen LogP contribution is -2.18. The van der Waals surface area contributed by atoms with Gasteiger partial charge in [-0.3, -0.25) is 0 Å². The highest BCUT2D eigenvalue weighted by Gasteiger charge is 2.32. The summed E-state index contributed by atoms with van der Waals surface area (Å²) >= 11 is 0. The molecule has 0 amide bonds. The number of rotatable bonds is 2. The molecule has 84 valence electrons. The third kappa shape index (κ3) is 3.42. The van der Waals surface area contributed by atoms with Crippen molar-refractivity contribution in [1.82, 2.24) is 0 Å². The number of hydrogen-bond acceptors (Lipinski definition) is 1. The Kier molecular flexibility index (Phi) is 3.21. The first-order valence-electron chi connectivity index (χ1n) is 4.35. The van der Waals surface area contributed by atoms with Gasteiger partial charge in [-0.05, 0) is 23.6 Å². The van der Waals surface area contributed by atoms with E-state index in [9.17, 15) is 17.6 Å². The molecule has 0 saturated heterocycles. The first-order valence-corrected chi connectivity index (χ1v) is 4.35. The highest BCUT2D eigenvalue weighted by atomic mass is 19.4. The van der Waals surface area contributed by atoms with Gasteiger partial charge >= 0.3 is 6.36 Å². The van der Waals surface area contributed by atoms with Gasteiger partial charge in [0.2, 0.25) is 0 Å². The second-order valence-electron chi connectivity index (χ2n) is 3.39. The summed E-state index contributed by atoms with van der Waals surface area (Å²) in [5, 5.41) is 0. The SMILES string of the molecule is CC(C)c1ccc(OC(F)(F)F)c(F)c1. The Morgan fingerprint density at radius 3 is 2.20 bits per heavy atom. The fraction of sp³-hybridized carbons (Fsp3) is 0.400. The van der Waals surface area contributed by atoms with E-state index in [1.807, 2.05) is 13.8 Å². The van der Waals surface area contributed by atoms with Crippen molar-refractivity contribution >= 4 is 0 Å². The van der Waals surface area contributed by atoms with Gasteiger partial charge in [0.25, 0.3) is 0 Å². The molecule has 0 unspecified atom stereocenters. The predicted molar refractivity (Wildman–Crippen MR) is 47.2 cm³/mol. The molecule has 0 aliphatic carbocycles. The van der Waals surface area contributed by atoms with Gasteiger partial charge in [-0.1, -0.05) is 19.9 Å². The van der Waals surface area contributed by atoms with Crippen LogP contribution < -0.4 is 4.74 Å². The lowest BCUT2D eigenvalue weighted by atomic mass is 10.0. The van der Waals surface area contributed by atoms with Gasteiger partial charge in [-0.25, -0.2) is 4.39 Å². The fourth-order valence-electron chi connectivity index (χ4n) is 1.08. The zero-order chi connectivity index (χ0) is 11.6. The minimum atomic E-state index is -4.86. The topological polar surface area (TPSA) is 9.23 Å². The van der Waals surface area contributed by atoms with Crippen LogP contribution in [0.4, 0.5) is 17.6 Å². The van der Waals surface area contributed by atoms with Crippen molar-refractivity contribution < 1.29 is 22.3 Å². The molecule has 0 fully saturated rings. The van der Waals surface area contributed by atoms with Crippen molar-refractivity contribution in [2.24, 2.45) is 0 Å². The van der Waals surface area contributed by atoms with Gasteiger partial charge in [0.15, 0.2) is 11.6 Å². The molecule has 0 spiro atoms. The zero-order valence-electron chi connectivity index (χ0n) is 8.23. The average Bonchev–Trinajstić information content (AvgIpc) is 2.05. The van der Waals surface area contributed by atoms with E-state index < -0.39 is 17.9 Å². The van der Waals surface area contributed by atoms with Crippen LogP contribution in [0.15, 0.2) is 18.2 Å². The normalized spacial score (nSPS) is 11.9. The average molecular weight is 222 g/mol. The molecule has 0 N–H and O–H groups in total. The van der Waals surface area contributed by atoms with E-state index in [0.717, 1.165) is 12.1 Å². The third-order valence-electron chi connectivity index (χ3n) is 1.85. The van der Waals surface area contributed by atoms with Crippen molar-refractivity contribution in [2.45, 2.75) is 26.1 Å². The Labute approximate surface area is 84.7 Å². The van der Waals surface area contributed by atoms with E-state index in [0.29, 0.717) is 5.56 Å². The first-order chi connectivity index (χ1) is 6.79. The molecule has 1 aromatic carbocycles. The van der Waals surface area contributed by atoms with Crippen molar-refractivity contribution in [3.8, 4) is 5.75 Å². The van der Waals surface area contributed by atoms with Gasteiger partial charge < -0.3 is 4.74 Å². The van der Waals surface area contributed by atoms with Crippen molar-refractivity contribution in [1.29, 1.82) is 0 Å². The Bertz CT molecular complexity index is 344. The van der Waals surface area contributed by atoms with Crippen molar-refractivity contribution in [3.63, 3.8) is 0 Å². The molecule has 5 heteroatoms. The van der Waals surface area contributed by atoms with Crippen LogP contribution in [0.25, 0.3) is 0 Å². The summed E-state index contributed by atoms with van der Waals surface area (Å²) in [6.07, 6.45) is -4.86. The van der Waals surface area contributed by atoms with E-state index in [2.05, 4.69) is 4.74 Å². The quantitative estimate of drug-likeness (QED) is 0.690. The van der Waals surface area contributed by atoms with Crippen LogP contribution in [-0.2, 0) is 0 Å². The molecule has 0 heterocycles. The van der Waals surface area contributed by atoms with E-state index in [1.165, 1.54) is 6.07 Å². The van der Waals surface area contributed by atoms with Gasteiger partial charge in [-0.15, -0.1) is 13.2 Å². The number of alkyl halides is 3. The number of benzene rings is 1. The van der Waals surface area contributed by atoms with Crippen LogP contribution in [0.1, 0.15) is 25.3 Å². The maximum absolute atomic E-state index is 13.1. The highest BCUT2D eigenvalue weighted by molar-refractivity contribution is 5.30. The molecular weight excluding hydrogens is 212 g/mol. The number of hydrogen-bond donors (Lipinski definition) is 0. The minimum absolute atomic E-state index is 0.0550. The fourth-order valence-corrected chi connectivity index (χ4v) is 1.08. The van der Waals surface area contributed by atoms with Gasteiger partial charge in [0.05, 0.1) is 0 Å². The number of halogens is 4. The maximum atomic E-state index is 13.1. The Morgan fingerprint density at radius 1 is 1.20 bits per heavy atom. The van der Waals surface area contributed by atoms with E-state index in [-0.39, 0.29) is 5.92 Å². The van der Waals surface area contributed by atoms with Crippen molar-refractivity contribution in [2.75, 3.05) is 0 Å². The summed E-state index contributed by atoms with van der Waals surface area (Å²) in [6, 6.07) is 3.44. The zero-order valence-corrected chi connectivity index (χ0v) is 8.23. The summed E-state index contributed by atoms with van der Waals surface area (Å²) < 4.78 is 52.0. The highest BCUT2D eigenvalue weighted by Crippen LogP contribution is 2.27. The van der Waals surface area contributed by atoms with Gasteiger partial charge in [-0.2, -0.15) is 0 Å². The predicted octanol–water partition coefficient (Wildman–Crippen LogP) is 3.85. The smallest absolute Gasteiger partial charge is 0.403 e. The Morgan fingerprint density at radius 2 is 1.80 bits per heavy atom. The molecule has 0 bridgehead atoms. The third-order valence-corrected chi connectivity index (χ3v) is 1.85. The van der Waals surface area contributed by atoms with Crippen molar-refractivity contribution in [3.05, 3.63) is 29.6 Å². The summed E-state index contributed by atoms with van der Waals surface area (Å²) in [7, 11) is 0. The first kappa shape index (κ1) is 11.8. The van der Waals surface area contributed by atoms with Crippen LogP contribution in [0.3, 0.4) is 0 Å². The standard InChI is InChI=1S/C10H10F4O/c1-6(2)7-3-4-9(8(11)5-7)15-10(12,13)14/h3-6H,1-2H3. The van der Waals surface area contributed by atoms with Crippen LogP contribution in [0, 0.1) is 5.82 Å². The monoisotopic (exact) mass is 222 g/mol. The van der Waals surface area contributed by atoms with Crippen LogP contribution in [0.2, 0.25) is 0 Å². The molecule has 0 saturated carbocycles. The maximum Gasteiger partial charge on any atom is 0.573 e. The molecule has 1 aromatic rings. The molecular formula is C10H10F4O. The molecule has 0 aromatic heterocycles. The Balaban J connectivity index is 2.94. The molecule has 0 aliphatic heterocycles. The molecule has 0 radical (unpaired) electrons. The van der Waals surface area contributed by atoms with E-state index in [1.54, 1.807) is 0 Å². The molecule has 0 atom stereocenters. The molecule has 1 nitrogen and oxygen atoms in total. The molecule has 1 rings (SSSR count). The molecule has 0 aliphatic rings. The number of ether oxygens (including phenoxy) is 1.